The molecule has 0 radical (unpaired) electrons. The fraction of sp³-hybridized carbons (Fsp3) is 0.500. The molecule has 0 aromatic heterocycles. The molecule has 0 fully saturated rings. The van der Waals surface area contributed by atoms with E-state index in [-0.39, 0.29) is 5.97 Å². The highest BCUT2D eigenvalue weighted by molar-refractivity contribution is 5.87. The van der Waals surface area contributed by atoms with Crippen LogP contribution in [0, 0.1) is 0 Å². The molecule has 0 N–H and O–H groups in total. The van der Waals surface area contributed by atoms with Crippen molar-refractivity contribution in [2.45, 2.75) is 77.4 Å². The molecular weight excluding hydrogens is 352 g/mol. The Morgan fingerprint density at radius 1 is 0.929 bits per heavy atom. The minimum absolute atomic E-state index is 0.234. The van der Waals surface area contributed by atoms with Crippen molar-refractivity contribution < 1.29 is 19.1 Å². The van der Waals surface area contributed by atoms with Crippen LogP contribution < -0.4 is 0 Å². The van der Waals surface area contributed by atoms with Gasteiger partial charge in [-0.25, -0.2) is 4.79 Å². The van der Waals surface area contributed by atoms with Crippen molar-refractivity contribution in [3.05, 3.63) is 54.6 Å². The van der Waals surface area contributed by atoms with Gasteiger partial charge >= 0.3 is 11.9 Å². The van der Waals surface area contributed by atoms with Crippen LogP contribution in [0.1, 0.15) is 70.8 Å². The Labute approximate surface area is 169 Å². The molecular formula is C24H34O4. The first-order valence-electron chi connectivity index (χ1n) is 10.3. The molecule has 1 aromatic rings. The number of allylic oxidation sites excluding steroid dienone is 1. The number of carbonyl (C=O) groups excluding carboxylic acids is 2. The predicted octanol–water partition coefficient (Wildman–Crippen LogP) is 5.87. The molecule has 0 aliphatic heterocycles. The van der Waals surface area contributed by atoms with Crippen molar-refractivity contribution in [2.24, 2.45) is 0 Å². The lowest BCUT2D eigenvalue weighted by atomic mass is 10.1. The molecule has 1 aromatic carbocycles. The lowest BCUT2D eigenvalue weighted by Gasteiger charge is -2.20. The van der Waals surface area contributed by atoms with Crippen LogP contribution in [0.3, 0.4) is 0 Å². The van der Waals surface area contributed by atoms with E-state index in [0.717, 1.165) is 31.2 Å². The van der Waals surface area contributed by atoms with Gasteiger partial charge < -0.3 is 9.47 Å². The highest BCUT2D eigenvalue weighted by Crippen LogP contribution is 2.11. The van der Waals surface area contributed by atoms with E-state index in [1.54, 1.807) is 19.9 Å². The lowest BCUT2D eigenvalue weighted by Crippen LogP contribution is -2.30. The molecule has 1 rings (SSSR count). The van der Waals surface area contributed by atoms with Gasteiger partial charge in [0, 0.05) is 12.5 Å². The van der Waals surface area contributed by atoms with Crippen LogP contribution in [0.5, 0.6) is 0 Å². The van der Waals surface area contributed by atoms with Gasteiger partial charge in [-0.05, 0) is 44.7 Å². The Bertz CT molecular complexity index is 606. The summed E-state index contributed by atoms with van der Waals surface area (Å²) in [6, 6.07) is 9.52. The summed E-state index contributed by atoms with van der Waals surface area (Å²) in [5.41, 5.74) is 0.923. The van der Waals surface area contributed by atoms with E-state index in [4.69, 9.17) is 9.47 Å². The zero-order chi connectivity index (χ0) is 20.6. The highest BCUT2D eigenvalue weighted by atomic mass is 16.6. The third-order valence-electron chi connectivity index (χ3n) is 4.53. The lowest BCUT2D eigenvalue weighted by molar-refractivity contribution is -0.162. The standard InChI is InChI=1S/C24H34O4/c1-4-5-6-7-8-9-10-14-17-23(25)27-20(2)21(3)28-24(26)19-18-22-15-12-11-13-16-22/h4,11-13,15-16,18-21H,1,5-10,14,17H2,2-3H3/b19-18+. The van der Waals surface area contributed by atoms with Gasteiger partial charge in [-0.2, -0.15) is 0 Å². The monoisotopic (exact) mass is 386 g/mol. The van der Waals surface area contributed by atoms with Crippen molar-refractivity contribution in [1.82, 2.24) is 0 Å². The number of benzene rings is 1. The summed E-state index contributed by atoms with van der Waals surface area (Å²) in [5, 5.41) is 0. The topological polar surface area (TPSA) is 52.6 Å². The fourth-order valence-corrected chi connectivity index (χ4v) is 2.67. The van der Waals surface area contributed by atoms with Crippen LogP contribution in [0.15, 0.2) is 49.1 Å². The predicted molar refractivity (Wildman–Crippen MR) is 114 cm³/mol. The average Bonchev–Trinajstić information content (AvgIpc) is 2.69. The maximum atomic E-state index is 11.9. The summed E-state index contributed by atoms with van der Waals surface area (Å²) < 4.78 is 10.7. The van der Waals surface area contributed by atoms with Gasteiger partial charge in [0.2, 0.25) is 0 Å². The number of esters is 2. The fourth-order valence-electron chi connectivity index (χ4n) is 2.67. The molecule has 2 atom stereocenters. The molecule has 28 heavy (non-hydrogen) atoms. The van der Waals surface area contributed by atoms with Crippen molar-refractivity contribution in [1.29, 1.82) is 0 Å². The Kier molecular flexibility index (Phi) is 12.4. The van der Waals surface area contributed by atoms with Gasteiger partial charge in [0.25, 0.3) is 0 Å². The summed E-state index contributed by atoms with van der Waals surface area (Å²) in [5.74, 6) is -0.683. The van der Waals surface area contributed by atoms with E-state index >= 15 is 0 Å². The number of carbonyl (C=O) groups is 2. The van der Waals surface area contributed by atoms with Gasteiger partial charge in [0.15, 0.2) is 0 Å². The minimum Gasteiger partial charge on any atom is -0.459 e. The number of hydrogen-bond acceptors (Lipinski definition) is 4. The minimum atomic E-state index is -0.498. The highest BCUT2D eigenvalue weighted by Gasteiger charge is 2.19. The largest absolute Gasteiger partial charge is 0.459 e. The number of rotatable bonds is 14. The summed E-state index contributed by atoms with van der Waals surface area (Å²) >= 11 is 0. The van der Waals surface area contributed by atoms with E-state index < -0.39 is 18.2 Å². The van der Waals surface area contributed by atoms with Crippen LogP contribution in [-0.4, -0.2) is 24.1 Å². The molecule has 2 unspecified atom stereocenters. The Morgan fingerprint density at radius 3 is 2.21 bits per heavy atom. The first kappa shape index (κ1) is 23.7. The normalized spacial score (nSPS) is 13.1. The molecule has 0 aliphatic carbocycles. The number of hydrogen-bond donors (Lipinski definition) is 0. The SMILES string of the molecule is C=CCCCCCCCCC(=O)OC(C)C(C)OC(=O)/C=C/c1ccccc1. The van der Waals surface area contributed by atoms with E-state index in [1.807, 2.05) is 36.4 Å². The molecule has 154 valence electrons. The van der Waals surface area contributed by atoms with Gasteiger partial charge in [-0.3, -0.25) is 4.79 Å². The molecule has 4 nitrogen and oxygen atoms in total. The molecule has 0 aliphatic rings. The molecule has 0 saturated carbocycles. The third-order valence-corrected chi connectivity index (χ3v) is 4.53. The molecule has 0 heterocycles. The van der Waals surface area contributed by atoms with Gasteiger partial charge in [0.1, 0.15) is 12.2 Å². The molecule has 0 amide bonds. The third kappa shape index (κ3) is 11.4. The molecule has 0 saturated heterocycles. The maximum Gasteiger partial charge on any atom is 0.331 e. The second-order valence-electron chi connectivity index (χ2n) is 7.03. The molecule has 0 bridgehead atoms. The van der Waals surface area contributed by atoms with Crippen LogP contribution in [0.4, 0.5) is 0 Å². The molecule has 4 heteroatoms. The zero-order valence-corrected chi connectivity index (χ0v) is 17.3. The second-order valence-corrected chi connectivity index (χ2v) is 7.03. The van der Waals surface area contributed by atoms with E-state index in [9.17, 15) is 9.59 Å². The Hall–Kier alpha value is -2.36. The van der Waals surface area contributed by atoms with Crippen LogP contribution in [0.25, 0.3) is 6.08 Å². The van der Waals surface area contributed by atoms with Crippen molar-refractivity contribution >= 4 is 18.0 Å². The Morgan fingerprint density at radius 2 is 1.54 bits per heavy atom. The summed E-state index contributed by atoms with van der Waals surface area (Å²) in [7, 11) is 0. The quantitative estimate of drug-likeness (QED) is 0.174. The van der Waals surface area contributed by atoms with E-state index in [0.29, 0.717) is 6.42 Å². The van der Waals surface area contributed by atoms with Crippen molar-refractivity contribution in [3.8, 4) is 0 Å². The van der Waals surface area contributed by atoms with Crippen LogP contribution >= 0.6 is 0 Å². The zero-order valence-electron chi connectivity index (χ0n) is 17.3. The van der Waals surface area contributed by atoms with E-state index in [2.05, 4.69) is 6.58 Å². The number of ether oxygens (including phenoxy) is 2. The van der Waals surface area contributed by atoms with Gasteiger partial charge in [-0.1, -0.05) is 62.1 Å². The average molecular weight is 387 g/mol. The van der Waals surface area contributed by atoms with Crippen molar-refractivity contribution in [3.63, 3.8) is 0 Å². The first-order valence-corrected chi connectivity index (χ1v) is 10.3. The van der Waals surface area contributed by atoms with Crippen molar-refractivity contribution in [2.75, 3.05) is 0 Å². The number of unbranched alkanes of at least 4 members (excludes halogenated alkanes) is 6. The van der Waals surface area contributed by atoms with Gasteiger partial charge in [0.05, 0.1) is 0 Å². The van der Waals surface area contributed by atoms with Crippen LogP contribution in [0.2, 0.25) is 0 Å². The van der Waals surface area contributed by atoms with Crippen LogP contribution in [-0.2, 0) is 19.1 Å². The Balaban J connectivity index is 2.17. The maximum absolute atomic E-state index is 11.9. The summed E-state index contributed by atoms with van der Waals surface area (Å²) in [4.78, 5) is 23.8. The first-order chi connectivity index (χ1) is 13.5. The van der Waals surface area contributed by atoms with Gasteiger partial charge in [-0.15, -0.1) is 6.58 Å². The smallest absolute Gasteiger partial charge is 0.331 e. The second kappa shape index (κ2) is 14.7. The molecule has 0 spiro atoms. The summed E-state index contributed by atoms with van der Waals surface area (Å²) in [6.45, 7) is 7.20. The van der Waals surface area contributed by atoms with E-state index in [1.165, 1.54) is 25.3 Å². The summed E-state index contributed by atoms with van der Waals surface area (Å²) in [6.07, 6.45) is 12.2.